The number of pyridine rings is 3. The maximum Gasteiger partial charge on any atom is 0.213 e. The predicted molar refractivity (Wildman–Crippen MR) is 167 cm³/mol. The van der Waals surface area contributed by atoms with Gasteiger partial charge in [0.05, 0.1) is 24.0 Å². The van der Waals surface area contributed by atoms with E-state index < -0.39 is 8.32 Å². The molecule has 0 aliphatic rings. The van der Waals surface area contributed by atoms with E-state index in [2.05, 4.69) is 68.1 Å². The van der Waals surface area contributed by atoms with Crippen LogP contribution in [0.4, 0.5) is 5.82 Å². The van der Waals surface area contributed by atoms with Crippen molar-refractivity contribution in [3.8, 4) is 34.2 Å². The highest BCUT2D eigenvalue weighted by Crippen LogP contribution is 2.37. The Kier molecular flexibility index (Phi) is 7.67. The number of ether oxygens (including phenoxy) is 1. The van der Waals surface area contributed by atoms with E-state index in [0.29, 0.717) is 29.8 Å². The van der Waals surface area contributed by atoms with E-state index in [0.717, 1.165) is 33.6 Å². The van der Waals surface area contributed by atoms with Gasteiger partial charge in [-0.2, -0.15) is 0 Å². The molecule has 9 heteroatoms. The number of hydrogen-bond acceptors (Lipinski definition) is 7. The summed E-state index contributed by atoms with van der Waals surface area (Å²) in [6.45, 7) is 15.8. The average molecular weight is 567 g/mol. The molecule has 0 atom stereocenters. The summed E-state index contributed by atoms with van der Waals surface area (Å²) in [5, 5.41) is 0.155. The van der Waals surface area contributed by atoms with Gasteiger partial charge in [-0.05, 0) is 80.0 Å². The van der Waals surface area contributed by atoms with Crippen LogP contribution in [-0.2, 0) is 11.0 Å². The number of nitrogens with two attached hydrogens (primary N) is 1. The van der Waals surface area contributed by atoms with Gasteiger partial charge in [0, 0.05) is 29.7 Å². The lowest BCUT2D eigenvalue weighted by atomic mass is 10.2. The second kappa shape index (κ2) is 11.1. The molecular weight excluding hydrogens is 528 g/mol. The van der Waals surface area contributed by atoms with Gasteiger partial charge in [0.15, 0.2) is 19.8 Å². The van der Waals surface area contributed by atoms with Gasteiger partial charge in [0.25, 0.3) is 0 Å². The second-order valence-corrected chi connectivity index (χ2v) is 16.8. The first kappa shape index (κ1) is 28.4. The first-order valence-corrected chi connectivity index (χ1v) is 16.8. The zero-order valence-corrected chi connectivity index (χ0v) is 25.8. The minimum atomic E-state index is -1.86. The fourth-order valence-electron chi connectivity index (χ4n) is 4.21. The molecule has 0 fully saturated rings. The topological polar surface area (TPSA) is 101 Å². The molecule has 0 saturated carbocycles. The second-order valence-electron chi connectivity index (χ2n) is 12.0. The molecule has 212 valence electrons. The van der Waals surface area contributed by atoms with Gasteiger partial charge in [-0.15, -0.1) is 0 Å². The summed E-state index contributed by atoms with van der Waals surface area (Å²) in [6, 6.07) is 19.9. The maximum absolute atomic E-state index is 6.45. The summed E-state index contributed by atoms with van der Waals surface area (Å²) >= 11 is 0. The van der Waals surface area contributed by atoms with Crippen LogP contribution in [0.5, 0.6) is 5.88 Å². The molecular formula is C32H38N6O2Si. The number of rotatable bonds is 8. The molecule has 4 heterocycles. The van der Waals surface area contributed by atoms with E-state index in [1.165, 1.54) is 0 Å². The number of nitrogen functional groups attached to an aromatic ring is 1. The highest BCUT2D eigenvalue weighted by atomic mass is 28.4. The number of fused-ring (bicyclic) bond motifs is 1. The van der Waals surface area contributed by atoms with Crippen LogP contribution in [0.1, 0.15) is 40.2 Å². The highest BCUT2D eigenvalue weighted by molar-refractivity contribution is 6.74. The quantitative estimate of drug-likeness (QED) is 0.195. The van der Waals surface area contributed by atoms with Crippen molar-refractivity contribution in [2.75, 3.05) is 5.73 Å². The molecule has 0 aliphatic heterocycles. The van der Waals surface area contributed by atoms with Crippen LogP contribution < -0.4 is 10.5 Å². The van der Waals surface area contributed by atoms with Crippen LogP contribution in [-0.4, -0.2) is 38.9 Å². The number of hydrogen-bond donors (Lipinski definition) is 1. The van der Waals surface area contributed by atoms with Crippen LogP contribution in [0, 0.1) is 0 Å². The third kappa shape index (κ3) is 6.01. The van der Waals surface area contributed by atoms with E-state index in [9.17, 15) is 0 Å². The van der Waals surface area contributed by atoms with Crippen molar-refractivity contribution in [2.24, 2.45) is 0 Å². The molecule has 1 aromatic carbocycles. The lowest BCUT2D eigenvalue weighted by Crippen LogP contribution is -2.40. The van der Waals surface area contributed by atoms with Gasteiger partial charge in [-0.25, -0.2) is 19.9 Å². The minimum Gasteiger partial charge on any atom is -0.475 e. The van der Waals surface area contributed by atoms with Crippen molar-refractivity contribution in [3.05, 3.63) is 78.6 Å². The SMILES string of the molecule is CC(C)Oc1ccc(-c2ccc3nc(-c4cccnc4N)n(-c4ccc(CO[Si](C)(C)C(C)(C)C)cc4)c3n2)cn1. The molecule has 0 amide bonds. The third-order valence-electron chi connectivity index (χ3n) is 7.57. The Balaban J connectivity index is 1.56. The summed E-state index contributed by atoms with van der Waals surface area (Å²) in [5.74, 6) is 1.68. The molecule has 0 spiro atoms. The monoisotopic (exact) mass is 566 g/mol. The Morgan fingerprint density at radius 1 is 0.927 bits per heavy atom. The van der Waals surface area contributed by atoms with Crippen molar-refractivity contribution in [1.82, 2.24) is 24.5 Å². The fraction of sp³-hybridized carbons (Fsp3) is 0.312. The molecule has 5 aromatic rings. The molecule has 5 rings (SSSR count). The van der Waals surface area contributed by atoms with Crippen LogP contribution in [0.15, 0.2) is 73.1 Å². The summed E-state index contributed by atoms with van der Waals surface area (Å²) < 4.78 is 14.2. The highest BCUT2D eigenvalue weighted by Gasteiger charge is 2.37. The Labute approximate surface area is 242 Å². The minimum absolute atomic E-state index is 0.0560. The van der Waals surface area contributed by atoms with Crippen molar-refractivity contribution in [1.29, 1.82) is 0 Å². The molecule has 0 bridgehead atoms. The van der Waals surface area contributed by atoms with E-state index in [1.54, 1.807) is 12.4 Å². The Hall–Kier alpha value is -4.08. The summed E-state index contributed by atoms with van der Waals surface area (Å²) in [4.78, 5) is 18.8. The molecule has 8 nitrogen and oxygen atoms in total. The van der Waals surface area contributed by atoms with Gasteiger partial charge in [0.2, 0.25) is 5.88 Å². The maximum atomic E-state index is 6.45. The average Bonchev–Trinajstić information content (AvgIpc) is 3.30. The van der Waals surface area contributed by atoms with Gasteiger partial charge in [-0.3, -0.25) is 4.57 Å². The summed E-state index contributed by atoms with van der Waals surface area (Å²) in [7, 11) is -1.86. The molecule has 0 unspecified atom stereocenters. The van der Waals surface area contributed by atoms with Gasteiger partial charge in [-0.1, -0.05) is 32.9 Å². The van der Waals surface area contributed by atoms with Crippen molar-refractivity contribution in [3.63, 3.8) is 0 Å². The van der Waals surface area contributed by atoms with Gasteiger partial charge >= 0.3 is 0 Å². The van der Waals surface area contributed by atoms with Gasteiger partial charge < -0.3 is 14.9 Å². The first-order valence-electron chi connectivity index (χ1n) is 13.9. The third-order valence-corrected chi connectivity index (χ3v) is 12.1. The number of aromatic nitrogens is 5. The van der Waals surface area contributed by atoms with Gasteiger partial charge in [0.1, 0.15) is 11.3 Å². The van der Waals surface area contributed by atoms with Crippen LogP contribution in [0.2, 0.25) is 18.1 Å². The van der Waals surface area contributed by atoms with Crippen LogP contribution in [0.3, 0.4) is 0 Å². The van der Waals surface area contributed by atoms with Crippen LogP contribution >= 0.6 is 0 Å². The molecule has 0 radical (unpaired) electrons. The number of benzene rings is 1. The van der Waals surface area contributed by atoms with Crippen molar-refractivity contribution >= 4 is 25.3 Å². The zero-order chi connectivity index (χ0) is 29.4. The number of imidazole rings is 1. The molecule has 0 saturated heterocycles. The van der Waals surface area contributed by atoms with E-state index >= 15 is 0 Å². The normalized spacial score (nSPS) is 12.3. The smallest absolute Gasteiger partial charge is 0.213 e. The summed E-state index contributed by atoms with van der Waals surface area (Å²) in [6.07, 6.45) is 3.52. The first-order chi connectivity index (χ1) is 19.4. The lowest BCUT2D eigenvalue weighted by Gasteiger charge is -2.36. The Morgan fingerprint density at radius 2 is 1.68 bits per heavy atom. The number of anilines is 1. The Bertz CT molecular complexity index is 1660. The lowest BCUT2D eigenvalue weighted by molar-refractivity contribution is 0.232. The molecule has 0 aliphatic carbocycles. The molecule has 4 aromatic heterocycles. The standard InChI is InChI=1S/C32H38N6O2Si/c1-21(2)40-28-17-12-23(19-35-28)26-15-16-27-31(36-26)38(30(37-27)25-9-8-18-34-29(25)33)24-13-10-22(11-14-24)20-39-41(6,7)32(3,4)5/h8-19,21H,20H2,1-7H3,(H2,33,34). The predicted octanol–water partition coefficient (Wildman–Crippen LogP) is 7.44. The van der Waals surface area contributed by atoms with E-state index in [4.69, 9.17) is 24.9 Å². The summed E-state index contributed by atoms with van der Waals surface area (Å²) in [5.41, 5.74) is 12.2. The van der Waals surface area contributed by atoms with Crippen molar-refractivity contribution in [2.45, 2.75) is 65.5 Å². The fourth-order valence-corrected chi connectivity index (χ4v) is 5.17. The van der Waals surface area contributed by atoms with Crippen molar-refractivity contribution < 1.29 is 9.16 Å². The van der Waals surface area contributed by atoms with E-state index in [-0.39, 0.29) is 11.1 Å². The zero-order valence-electron chi connectivity index (χ0n) is 24.8. The van der Waals surface area contributed by atoms with Crippen LogP contribution in [0.25, 0.3) is 39.5 Å². The Morgan fingerprint density at radius 3 is 2.32 bits per heavy atom. The van der Waals surface area contributed by atoms with E-state index in [1.807, 2.05) is 54.8 Å². The molecule has 41 heavy (non-hydrogen) atoms. The molecule has 2 N–H and O–H groups in total. The number of nitrogens with zero attached hydrogens (tertiary/aromatic N) is 5. The largest absolute Gasteiger partial charge is 0.475 e.